The summed E-state index contributed by atoms with van der Waals surface area (Å²) < 4.78 is 12.0. The summed E-state index contributed by atoms with van der Waals surface area (Å²) in [5.74, 6) is 0.706. The average Bonchev–Trinajstić information content (AvgIpc) is 2.63. The number of rotatable bonds is 5. The number of ether oxygens (including phenoxy) is 2. The van der Waals surface area contributed by atoms with Gasteiger partial charge in [-0.1, -0.05) is 15.9 Å². The van der Waals surface area contributed by atoms with Gasteiger partial charge in [0.15, 0.2) is 6.29 Å². The quantitative estimate of drug-likeness (QED) is 0.783. The number of halogens is 1. The summed E-state index contributed by atoms with van der Waals surface area (Å²) in [6.45, 7) is 0.657. The molecule has 1 fully saturated rings. The monoisotopic (exact) mass is 392 g/mol. The van der Waals surface area contributed by atoms with E-state index in [4.69, 9.17) is 14.3 Å². The molecule has 1 aromatic heterocycles. The standard InChI is InChI=1S/C17H17BrN2O4/c18-13-5-7-14(8-6-13)23-15-9-4-12(11-19-15)17(21)20-24-16-3-1-2-10-22-16/h4-9,11,16H,1-3,10H2,(H,20,21). The molecule has 3 rings (SSSR count). The summed E-state index contributed by atoms with van der Waals surface area (Å²) in [6.07, 6.45) is 3.89. The first-order valence-electron chi connectivity index (χ1n) is 7.68. The highest BCUT2D eigenvalue weighted by Gasteiger charge is 2.16. The number of carbonyl (C=O) groups is 1. The Kier molecular flexibility index (Phi) is 5.79. The van der Waals surface area contributed by atoms with Crippen molar-refractivity contribution in [2.24, 2.45) is 0 Å². The minimum Gasteiger partial charge on any atom is -0.439 e. The number of hydrogen-bond donors (Lipinski definition) is 1. The van der Waals surface area contributed by atoms with Crippen LogP contribution in [0.25, 0.3) is 0 Å². The summed E-state index contributed by atoms with van der Waals surface area (Å²) in [5.41, 5.74) is 2.78. The molecule has 1 amide bonds. The van der Waals surface area contributed by atoms with E-state index in [9.17, 15) is 4.79 Å². The smallest absolute Gasteiger partial charge is 0.276 e. The minimum atomic E-state index is -0.379. The van der Waals surface area contributed by atoms with Crippen LogP contribution in [-0.4, -0.2) is 23.8 Å². The first kappa shape index (κ1) is 16.9. The zero-order valence-corrected chi connectivity index (χ0v) is 14.5. The molecule has 2 heterocycles. The molecule has 1 aliphatic rings. The van der Waals surface area contributed by atoms with Gasteiger partial charge in [0.1, 0.15) is 5.75 Å². The Morgan fingerprint density at radius 2 is 2.04 bits per heavy atom. The Morgan fingerprint density at radius 3 is 2.71 bits per heavy atom. The summed E-state index contributed by atoms with van der Waals surface area (Å²) in [5, 5.41) is 0. The second-order valence-corrected chi connectivity index (χ2v) is 6.20. The number of nitrogens with one attached hydrogen (secondary N) is 1. The Morgan fingerprint density at radius 1 is 1.21 bits per heavy atom. The van der Waals surface area contributed by atoms with E-state index in [1.807, 2.05) is 24.3 Å². The number of benzene rings is 1. The lowest BCUT2D eigenvalue weighted by molar-refractivity contribution is -0.186. The van der Waals surface area contributed by atoms with Crippen molar-refractivity contribution in [2.45, 2.75) is 25.6 Å². The largest absolute Gasteiger partial charge is 0.439 e. The fourth-order valence-corrected chi connectivity index (χ4v) is 2.44. The third-order valence-electron chi connectivity index (χ3n) is 3.46. The van der Waals surface area contributed by atoms with Crippen LogP contribution < -0.4 is 10.2 Å². The summed E-state index contributed by atoms with van der Waals surface area (Å²) in [7, 11) is 0. The minimum absolute atomic E-state index is 0.369. The molecule has 0 aliphatic carbocycles. The van der Waals surface area contributed by atoms with Crippen molar-refractivity contribution >= 4 is 21.8 Å². The van der Waals surface area contributed by atoms with Gasteiger partial charge in [-0.2, -0.15) is 0 Å². The zero-order valence-electron chi connectivity index (χ0n) is 12.9. The van der Waals surface area contributed by atoms with Crippen molar-refractivity contribution < 1.29 is 19.1 Å². The molecule has 0 bridgehead atoms. The van der Waals surface area contributed by atoms with E-state index in [1.165, 1.54) is 6.20 Å². The van der Waals surface area contributed by atoms with Gasteiger partial charge in [0.05, 0.1) is 5.56 Å². The lowest BCUT2D eigenvalue weighted by Crippen LogP contribution is -2.33. The summed E-state index contributed by atoms with van der Waals surface area (Å²) in [4.78, 5) is 21.4. The van der Waals surface area contributed by atoms with E-state index in [1.54, 1.807) is 12.1 Å². The van der Waals surface area contributed by atoms with Crippen LogP contribution in [0.15, 0.2) is 47.1 Å². The second kappa shape index (κ2) is 8.23. The van der Waals surface area contributed by atoms with Crippen LogP contribution in [0.3, 0.4) is 0 Å². The number of amides is 1. The molecular weight excluding hydrogens is 376 g/mol. The van der Waals surface area contributed by atoms with Gasteiger partial charge in [-0.25, -0.2) is 15.3 Å². The summed E-state index contributed by atoms with van der Waals surface area (Å²) >= 11 is 3.36. The predicted molar refractivity (Wildman–Crippen MR) is 90.6 cm³/mol. The molecule has 24 heavy (non-hydrogen) atoms. The second-order valence-electron chi connectivity index (χ2n) is 5.29. The normalized spacial score (nSPS) is 17.3. The van der Waals surface area contributed by atoms with Gasteiger partial charge in [0, 0.05) is 29.8 Å². The molecule has 6 nitrogen and oxygen atoms in total. The third kappa shape index (κ3) is 4.77. The van der Waals surface area contributed by atoms with Crippen LogP contribution in [0.1, 0.15) is 29.6 Å². The Balaban J connectivity index is 1.53. The Labute approximate surface area is 148 Å². The third-order valence-corrected chi connectivity index (χ3v) is 3.98. The van der Waals surface area contributed by atoms with Gasteiger partial charge in [-0.05, 0) is 43.2 Å². The maximum atomic E-state index is 12.0. The maximum absolute atomic E-state index is 12.0. The average molecular weight is 393 g/mol. The summed E-state index contributed by atoms with van der Waals surface area (Å²) in [6, 6.07) is 10.7. The van der Waals surface area contributed by atoms with Crippen LogP contribution in [0.5, 0.6) is 11.6 Å². The highest BCUT2D eigenvalue weighted by molar-refractivity contribution is 9.10. The lowest BCUT2D eigenvalue weighted by Gasteiger charge is -2.22. The first-order chi connectivity index (χ1) is 11.7. The number of carbonyl (C=O) groups excluding carboxylic acids is 1. The molecule has 1 N–H and O–H groups in total. The van der Waals surface area contributed by atoms with Gasteiger partial charge in [-0.15, -0.1) is 0 Å². The van der Waals surface area contributed by atoms with Crippen molar-refractivity contribution in [2.75, 3.05) is 6.61 Å². The SMILES string of the molecule is O=C(NOC1CCCCO1)c1ccc(Oc2ccc(Br)cc2)nc1. The molecular formula is C17H17BrN2O4. The van der Waals surface area contributed by atoms with E-state index < -0.39 is 0 Å². The Hall–Kier alpha value is -1.96. The van der Waals surface area contributed by atoms with E-state index in [2.05, 4.69) is 26.4 Å². The first-order valence-corrected chi connectivity index (χ1v) is 8.47. The molecule has 1 unspecified atom stereocenters. The van der Waals surface area contributed by atoms with E-state index in [-0.39, 0.29) is 12.2 Å². The van der Waals surface area contributed by atoms with Crippen molar-refractivity contribution in [3.63, 3.8) is 0 Å². The molecule has 126 valence electrons. The number of hydrogen-bond acceptors (Lipinski definition) is 5. The van der Waals surface area contributed by atoms with Crippen molar-refractivity contribution in [1.29, 1.82) is 0 Å². The molecule has 1 saturated heterocycles. The van der Waals surface area contributed by atoms with E-state index >= 15 is 0 Å². The van der Waals surface area contributed by atoms with Gasteiger partial charge in [0.25, 0.3) is 5.91 Å². The van der Waals surface area contributed by atoms with Crippen LogP contribution >= 0.6 is 15.9 Å². The molecule has 1 aliphatic heterocycles. The lowest BCUT2D eigenvalue weighted by atomic mass is 10.2. The predicted octanol–water partition coefficient (Wildman–Crippen LogP) is 3.82. The van der Waals surface area contributed by atoms with Crippen molar-refractivity contribution in [3.05, 3.63) is 52.6 Å². The molecule has 7 heteroatoms. The topological polar surface area (TPSA) is 69.7 Å². The van der Waals surface area contributed by atoms with Crippen molar-refractivity contribution in [3.8, 4) is 11.6 Å². The molecule has 0 spiro atoms. The fraction of sp³-hybridized carbons (Fsp3) is 0.294. The molecule has 2 aromatic rings. The zero-order chi connectivity index (χ0) is 16.8. The van der Waals surface area contributed by atoms with E-state index in [0.717, 1.165) is 23.7 Å². The number of hydroxylamine groups is 1. The number of aromatic nitrogens is 1. The van der Waals surface area contributed by atoms with Gasteiger partial charge in [0.2, 0.25) is 5.88 Å². The highest BCUT2D eigenvalue weighted by Crippen LogP contribution is 2.21. The van der Waals surface area contributed by atoms with Crippen LogP contribution in [-0.2, 0) is 9.57 Å². The molecule has 1 atom stereocenters. The van der Waals surface area contributed by atoms with Crippen LogP contribution in [0, 0.1) is 0 Å². The molecule has 0 radical (unpaired) electrons. The molecule has 1 aromatic carbocycles. The number of nitrogens with zero attached hydrogens (tertiary/aromatic N) is 1. The highest BCUT2D eigenvalue weighted by atomic mass is 79.9. The number of pyridine rings is 1. The van der Waals surface area contributed by atoms with Gasteiger partial charge >= 0.3 is 0 Å². The van der Waals surface area contributed by atoms with Crippen LogP contribution in [0.4, 0.5) is 0 Å². The van der Waals surface area contributed by atoms with Gasteiger partial charge in [-0.3, -0.25) is 4.79 Å². The fourth-order valence-electron chi connectivity index (χ4n) is 2.18. The van der Waals surface area contributed by atoms with Crippen molar-refractivity contribution in [1.82, 2.24) is 10.5 Å². The van der Waals surface area contributed by atoms with E-state index in [0.29, 0.717) is 23.8 Å². The van der Waals surface area contributed by atoms with Crippen LogP contribution in [0.2, 0.25) is 0 Å². The van der Waals surface area contributed by atoms with Gasteiger partial charge < -0.3 is 9.47 Å². The Bertz CT molecular complexity index is 670. The maximum Gasteiger partial charge on any atom is 0.276 e. The molecule has 0 saturated carbocycles.